The molecule has 92 valence electrons. The first-order valence-corrected chi connectivity index (χ1v) is 6.47. The third kappa shape index (κ3) is 3.23. The molecule has 1 aliphatic heterocycles. The van der Waals surface area contributed by atoms with Crippen LogP contribution in [-0.2, 0) is 0 Å². The molecule has 7 heteroatoms. The summed E-state index contributed by atoms with van der Waals surface area (Å²) in [6.07, 6.45) is 2.42. The first kappa shape index (κ1) is 12.0. The highest BCUT2D eigenvalue weighted by molar-refractivity contribution is 8.00. The van der Waals surface area contributed by atoms with Gasteiger partial charge < -0.3 is 11.1 Å². The third-order valence-corrected chi connectivity index (χ3v) is 3.97. The Morgan fingerprint density at radius 1 is 1.65 bits per heavy atom. The number of nitrogens with two attached hydrogens (primary N) is 1. The molecule has 3 N–H and O–H groups in total. The number of hydrogen-bond donors (Lipinski definition) is 2. The second kappa shape index (κ2) is 5.22. The minimum absolute atomic E-state index is 0.0286. The molecule has 0 saturated carbocycles. The number of aromatic nitrogens is 1. The van der Waals surface area contributed by atoms with Crippen molar-refractivity contribution < 1.29 is 4.92 Å². The second-order valence-electron chi connectivity index (χ2n) is 3.91. The molecule has 2 rings (SSSR count). The Kier molecular flexibility index (Phi) is 3.68. The number of hydrogen-bond acceptors (Lipinski definition) is 6. The van der Waals surface area contributed by atoms with Gasteiger partial charge in [0.25, 0.3) is 5.69 Å². The maximum Gasteiger partial charge on any atom is 0.276 e. The summed E-state index contributed by atoms with van der Waals surface area (Å²) in [5.41, 5.74) is 5.49. The lowest BCUT2D eigenvalue weighted by Crippen LogP contribution is -2.14. The largest absolute Gasteiger partial charge is 0.383 e. The quantitative estimate of drug-likeness (QED) is 0.629. The molecule has 0 aliphatic carbocycles. The topological polar surface area (TPSA) is 94.1 Å². The molecule has 2 heterocycles. The zero-order valence-electron chi connectivity index (χ0n) is 9.26. The van der Waals surface area contributed by atoms with E-state index in [2.05, 4.69) is 10.3 Å². The standard InChI is InChI=1S/C10H14N4O2S/c11-9-4-7(14(15)16)5-10(13-9)12-6-8-2-1-3-17-8/h4-5,8H,1-3,6H2,(H3,11,12,13). The molecule has 1 saturated heterocycles. The van der Waals surface area contributed by atoms with Gasteiger partial charge in [-0.3, -0.25) is 10.1 Å². The molecule has 1 aromatic rings. The summed E-state index contributed by atoms with van der Waals surface area (Å²) >= 11 is 1.92. The fraction of sp³-hybridized carbons (Fsp3) is 0.500. The number of anilines is 2. The van der Waals surface area contributed by atoms with E-state index < -0.39 is 4.92 Å². The van der Waals surface area contributed by atoms with Crippen LogP contribution in [0.5, 0.6) is 0 Å². The predicted molar refractivity (Wildman–Crippen MR) is 69.3 cm³/mol. The number of pyridine rings is 1. The Morgan fingerprint density at radius 3 is 3.12 bits per heavy atom. The Balaban J connectivity index is 2.01. The number of thioether (sulfide) groups is 1. The van der Waals surface area contributed by atoms with E-state index in [1.165, 1.54) is 30.7 Å². The molecule has 0 amide bonds. The van der Waals surface area contributed by atoms with Crippen molar-refractivity contribution in [1.82, 2.24) is 4.98 Å². The summed E-state index contributed by atoms with van der Waals surface area (Å²) < 4.78 is 0. The van der Waals surface area contributed by atoms with Gasteiger partial charge in [-0.05, 0) is 18.6 Å². The summed E-state index contributed by atoms with van der Waals surface area (Å²) in [6.45, 7) is 0.776. The van der Waals surface area contributed by atoms with Gasteiger partial charge in [-0.15, -0.1) is 0 Å². The van der Waals surface area contributed by atoms with Crippen molar-refractivity contribution in [3.63, 3.8) is 0 Å². The molecule has 1 atom stereocenters. The van der Waals surface area contributed by atoms with Crippen molar-refractivity contribution in [2.75, 3.05) is 23.3 Å². The zero-order chi connectivity index (χ0) is 12.3. The van der Waals surface area contributed by atoms with Crippen LogP contribution >= 0.6 is 11.8 Å². The van der Waals surface area contributed by atoms with Crippen LogP contribution in [-0.4, -0.2) is 27.5 Å². The molecule has 17 heavy (non-hydrogen) atoms. The van der Waals surface area contributed by atoms with Crippen LogP contribution in [0.15, 0.2) is 12.1 Å². The van der Waals surface area contributed by atoms with Gasteiger partial charge in [-0.1, -0.05) is 0 Å². The zero-order valence-corrected chi connectivity index (χ0v) is 10.1. The van der Waals surface area contributed by atoms with Gasteiger partial charge in [0.05, 0.1) is 17.1 Å². The van der Waals surface area contributed by atoms with Crippen molar-refractivity contribution in [2.45, 2.75) is 18.1 Å². The van der Waals surface area contributed by atoms with Gasteiger partial charge in [0.2, 0.25) is 0 Å². The van der Waals surface area contributed by atoms with E-state index >= 15 is 0 Å². The maximum atomic E-state index is 10.7. The van der Waals surface area contributed by atoms with Crippen molar-refractivity contribution in [3.05, 3.63) is 22.2 Å². The van der Waals surface area contributed by atoms with E-state index in [1.807, 2.05) is 11.8 Å². The SMILES string of the molecule is Nc1cc([N+](=O)[O-])cc(NCC2CCCS2)n1. The molecule has 0 radical (unpaired) electrons. The molecule has 1 aromatic heterocycles. The molecule has 1 fully saturated rings. The van der Waals surface area contributed by atoms with Crippen molar-refractivity contribution in [1.29, 1.82) is 0 Å². The molecule has 1 aliphatic rings. The van der Waals surface area contributed by atoms with Crippen LogP contribution in [0.3, 0.4) is 0 Å². The summed E-state index contributed by atoms with van der Waals surface area (Å²) in [7, 11) is 0. The monoisotopic (exact) mass is 254 g/mol. The lowest BCUT2D eigenvalue weighted by atomic mass is 10.2. The van der Waals surface area contributed by atoms with E-state index in [1.54, 1.807) is 0 Å². The summed E-state index contributed by atoms with van der Waals surface area (Å²) in [5, 5.41) is 14.3. The highest BCUT2D eigenvalue weighted by Gasteiger charge is 2.16. The Hall–Kier alpha value is -1.50. The first-order valence-electron chi connectivity index (χ1n) is 5.42. The van der Waals surface area contributed by atoms with E-state index in [9.17, 15) is 10.1 Å². The smallest absolute Gasteiger partial charge is 0.276 e. The van der Waals surface area contributed by atoms with Crippen molar-refractivity contribution in [3.8, 4) is 0 Å². The molecule has 0 aromatic carbocycles. The fourth-order valence-corrected chi connectivity index (χ4v) is 2.96. The lowest BCUT2D eigenvalue weighted by Gasteiger charge is -2.10. The van der Waals surface area contributed by atoms with Crippen LogP contribution in [0.1, 0.15) is 12.8 Å². The summed E-state index contributed by atoms with van der Waals surface area (Å²) in [5.74, 6) is 1.83. The number of nitrogens with zero attached hydrogens (tertiary/aromatic N) is 2. The summed E-state index contributed by atoms with van der Waals surface area (Å²) in [4.78, 5) is 14.2. The van der Waals surface area contributed by atoms with E-state index in [0.717, 1.165) is 6.54 Å². The van der Waals surface area contributed by atoms with Crippen LogP contribution in [0, 0.1) is 10.1 Å². The number of nitrogens with one attached hydrogen (secondary N) is 1. The van der Waals surface area contributed by atoms with Crippen LogP contribution in [0.4, 0.5) is 17.3 Å². The summed E-state index contributed by atoms with van der Waals surface area (Å²) in [6, 6.07) is 2.67. The Labute approximate surface area is 103 Å². The third-order valence-electron chi connectivity index (χ3n) is 2.58. The van der Waals surface area contributed by atoms with Gasteiger partial charge in [0, 0.05) is 11.8 Å². The molecular weight excluding hydrogens is 240 g/mol. The fourth-order valence-electron chi connectivity index (χ4n) is 1.76. The first-order chi connectivity index (χ1) is 8.15. The van der Waals surface area contributed by atoms with Gasteiger partial charge in [-0.25, -0.2) is 4.98 Å². The predicted octanol–water partition coefficient (Wildman–Crippen LogP) is 1.88. The Bertz CT molecular complexity index is 421. The molecule has 0 bridgehead atoms. The van der Waals surface area contributed by atoms with E-state index in [0.29, 0.717) is 11.1 Å². The number of nitro groups is 1. The highest BCUT2D eigenvalue weighted by atomic mass is 32.2. The second-order valence-corrected chi connectivity index (χ2v) is 5.32. The highest BCUT2D eigenvalue weighted by Crippen LogP contribution is 2.26. The lowest BCUT2D eigenvalue weighted by molar-refractivity contribution is -0.384. The number of rotatable bonds is 4. The van der Waals surface area contributed by atoms with Crippen molar-refractivity contribution >= 4 is 29.1 Å². The minimum atomic E-state index is -0.465. The normalized spacial score (nSPS) is 19.2. The average Bonchev–Trinajstić information content (AvgIpc) is 2.78. The van der Waals surface area contributed by atoms with Crippen molar-refractivity contribution in [2.24, 2.45) is 0 Å². The van der Waals surface area contributed by atoms with Gasteiger partial charge in [0.1, 0.15) is 11.6 Å². The van der Waals surface area contributed by atoms with Gasteiger partial charge in [-0.2, -0.15) is 11.8 Å². The number of nitrogen functional groups attached to an aromatic ring is 1. The molecule has 0 spiro atoms. The Morgan fingerprint density at radius 2 is 2.47 bits per heavy atom. The van der Waals surface area contributed by atoms with Crippen LogP contribution < -0.4 is 11.1 Å². The molecule has 6 nitrogen and oxygen atoms in total. The molecule has 1 unspecified atom stereocenters. The van der Waals surface area contributed by atoms with Gasteiger partial charge in [0.15, 0.2) is 0 Å². The van der Waals surface area contributed by atoms with E-state index in [4.69, 9.17) is 5.73 Å². The van der Waals surface area contributed by atoms with E-state index in [-0.39, 0.29) is 11.5 Å². The average molecular weight is 254 g/mol. The maximum absolute atomic E-state index is 10.7. The minimum Gasteiger partial charge on any atom is -0.383 e. The van der Waals surface area contributed by atoms with Crippen LogP contribution in [0.25, 0.3) is 0 Å². The molecular formula is C10H14N4O2S. The van der Waals surface area contributed by atoms with Gasteiger partial charge >= 0.3 is 0 Å². The van der Waals surface area contributed by atoms with Crippen LogP contribution in [0.2, 0.25) is 0 Å².